The van der Waals surface area contributed by atoms with Gasteiger partial charge in [-0.05, 0) is 23.8 Å². The molecule has 0 spiro atoms. The van der Waals surface area contributed by atoms with E-state index in [0.29, 0.717) is 26.3 Å². The number of hydrazone groups is 1. The van der Waals surface area contributed by atoms with Gasteiger partial charge < -0.3 is 14.7 Å². The van der Waals surface area contributed by atoms with Gasteiger partial charge in [-0.15, -0.1) is 0 Å². The average molecular weight is 496 g/mol. The zero-order valence-electron chi connectivity index (χ0n) is 17.5. The molecule has 3 aromatic rings. The maximum atomic E-state index is 14.1. The predicted molar refractivity (Wildman–Crippen MR) is 120 cm³/mol. The molecular formula is C22H18ClF4N5O2. The molecule has 0 radical (unpaired) electrons. The summed E-state index contributed by atoms with van der Waals surface area (Å²) in [6, 6.07) is 7.55. The molecule has 178 valence electrons. The van der Waals surface area contributed by atoms with E-state index in [2.05, 4.69) is 20.5 Å². The van der Waals surface area contributed by atoms with Crippen LogP contribution in [0.15, 0.2) is 47.7 Å². The number of aromatic hydroxyl groups is 1. The minimum atomic E-state index is -4.51. The molecule has 0 bridgehead atoms. The van der Waals surface area contributed by atoms with E-state index < -0.39 is 17.6 Å². The first-order chi connectivity index (χ1) is 16.2. The van der Waals surface area contributed by atoms with Crippen LogP contribution in [0.25, 0.3) is 11.1 Å². The van der Waals surface area contributed by atoms with Gasteiger partial charge in [0.15, 0.2) is 11.6 Å². The lowest BCUT2D eigenvalue weighted by atomic mass is 10.0. The second-order valence-electron chi connectivity index (χ2n) is 7.28. The number of nitrogens with zero attached hydrogens (tertiary/aromatic N) is 4. The van der Waals surface area contributed by atoms with Crippen molar-refractivity contribution < 1.29 is 27.4 Å². The van der Waals surface area contributed by atoms with E-state index in [4.69, 9.17) is 16.3 Å². The number of aromatic nitrogens is 2. The Morgan fingerprint density at radius 3 is 2.68 bits per heavy atom. The summed E-state index contributed by atoms with van der Waals surface area (Å²) in [5, 5.41) is 14.3. The fraction of sp³-hybridized carbons (Fsp3) is 0.227. The van der Waals surface area contributed by atoms with Gasteiger partial charge in [0.25, 0.3) is 0 Å². The quantitative estimate of drug-likeness (QED) is 0.296. The summed E-state index contributed by atoms with van der Waals surface area (Å²) < 4.78 is 58.4. The Kier molecular flexibility index (Phi) is 6.85. The van der Waals surface area contributed by atoms with Gasteiger partial charge in [0.05, 0.1) is 36.2 Å². The molecule has 7 nitrogen and oxygen atoms in total. The van der Waals surface area contributed by atoms with Crippen molar-refractivity contribution in [3.63, 3.8) is 0 Å². The number of phenols is 1. The highest BCUT2D eigenvalue weighted by Crippen LogP contribution is 2.39. The molecule has 2 N–H and O–H groups in total. The molecule has 1 aliphatic heterocycles. The van der Waals surface area contributed by atoms with E-state index in [1.54, 1.807) is 4.90 Å². The molecule has 2 aromatic carbocycles. The highest BCUT2D eigenvalue weighted by Gasteiger charge is 2.30. The number of ether oxygens (including phenoxy) is 1. The van der Waals surface area contributed by atoms with Crippen LogP contribution in [0.4, 0.5) is 29.3 Å². The highest BCUT2D eigenvalue weighted by atomic mass is 35.5. The van der Waals surface area contributed by atoms with Gasteiger partial charge in [-0.25, -0.2) is 14.8 Å². The number of hydrogen-bond donors (Lipinski definition) is 2. The van der Waals surface area contributed by atoms with Crippen molar-refractivity contribution in [3.8, 4) is 16.9 Å². The first-order valence-corrected chi connectivity index (χ1v) is 10.5. The molecule has 0 aliphatic carbocycles. The highest BCUT2D eigenvalue weighted by molar-refractivity contribution is 6.35. The number of alkyl halides is 3. The Bertz CT molecular complexity index is 1220. The molecule has 4 rings (SSSR count). The smallest absolute Gasteiger partial charge is 0.416 e. The lowest BCUT2D eigenvalue weighted by molar-refractivity contribution is -0.137. The molecule has 1 aromatic heterocycles. The molecule has 0 saturated carbocycles. The Balaban J connectivity index is 1.52. The average Bonchev–Trinajstić information content (AvgIpc) is 2.83. The zero-order valence-corrected chi connectivity index (χ0v) is 18.2. The zero-order chi connectivity index (χ0) is 24.3. The molecule has 34 heavy (non-hydrogen) atoms. The van der Waals surface area contributed by atoms with Crippen molar-refractivity contribution in [3.05, 3.63) is 64.6 Å². The maximum Gasteiger partial charge on any atom is 0.416 e. The first-order valence-electron chi connectivity index (χ1n) is 10.1. The van der Waals surface area contributed by atoms with Crippen LogP contribution in [0.1, 0.15) is 11.1 Å². The number of benzene rings is 2. The van der Waals surface area contributed by atoms with Crippen LogP contribution in [0, 0.1) is 5.82 Å². The third kappa shape index (κ3) is 5.20. The molecular weight excluding hydrogens is 478 g/mol. The molecule has 12 heteroatoms. The van der Waals surface area contributed by atoms with E-state index in [0.717, 1.165) is 18.3 Å². The number of halogens is 5. The Morgan fingerprint density at radius 1 is 1.18 bits per heavy atom. The predicted octanol–water partition coefficient (Wildman–Crippen LogP) is 4.94. The fourth-order valence-electron chi connectivity index (χ4n) is 3.34. The molecule has 1 aliphatic rings. The van der Waals surface area contributed by atoms with Crippen LogP contribution in [0.5, 0.6) is 5.75 Å². The van der Waals surface area contributed by atoms with Crippen LogP contribution in [0.2, 0.25) is 5.02 Å². The van der Waals surface area contributed by atoms with Gasteiger partial charge in [0.1, 0.15) is 5.75 Å². The minimum absolute atomic E-state index is 0.0327. The van der Waals surface area contributed by atoms with Gasteiger partial charge in [0.2, 0.25) is 5.95 Å². The minimum Gasteiger partial charge on any atom is -0.506 e. The molecule has 0 unspecified atom stereocenters. The van der Waals surface area contributed by atoms with E-state index >= 15 is 0 Å². The molecule has 1 fully saturated rings. The van der Waals surface area contributed by atoms with Crippen molar-refractivity contribution in [2.45, 2.75) is 6.18 Å². The molecule has 2 heterocycles. The number of nitrogens with one attached hydrogen (secondary N) is 1. The maximum absolute atomic E-state index is 14.1. The third-order valence-electron chi connectivity index (χ3n) is 5.05. The van der Waals surface area contributed by atoms with Crippen molar-refractivity contribution in [2.24, 2.45) is 5.10 Å². The van der Waals surface area contributed by atoms with Gasteiger partial charge in [-0.3, -0.25) is 0 Å². The second kappa shape index (κ2) is 9.82. The standard InChI is InChI=1S/C22H18ClF4N5O2/c23-18-16(13-2-1-3-15(10-13)22(25,26)27)5-4-14(19(18)33)11-29-31-21-28-12-17(24)20(30-21)32-6-8-34-9-7-32/h1-5,10-12,33H,6-9H2,(H,28,30,31)/b29-11-. The summed E-state index contributed by atoms with van der Waals surface area (Å²) in [7, 11) is 0. The normalized spacial score (nSPS) is 14.6. The number of hydrogen-bond acceptors (Lipinski definition) is 7. The molecule has 1 saturated heterocycles. The van der Waals surface area contributed by atoms with Crippen LogP contribution in [0.3, 0.4) is 0 Å². The van der Waals surface area contributed by atoms with E-state index in [1.165, 1.54) is 30.5 Å². The largest absolute Gasteiger partial charge is 0.506 e. The third-order valence-corrected chi connectivity index (χ3v) is 5.44. The van der Waals surface area contributed by atoms with E-state index in [1.807, 2.05) is 0 Å². The number of rotatable bonds is 5. The van der Waals surface area contributed by atoms with Crippen molar-refractivity contribution in [1.29, 1.82) is 0 Å². The van der Waals surface area contributed by atoms with Crippen molar-refractivity contribution in [1.82, 2.24) is 9.97 Å². The number of phenolic OH excluding ortho intramolecular Hbond substituents is 1. The fourth-order valence-corrected chi connectivity index (χ4v) is 3.62. The van der Waals surface area contributed by atoms with Crippen molar-refractivity contribution in [2.75, 3.05) is 36.6 Å². The Labute approximate surface area is 196 Å². The Hall–Kier alpha value is -3.44. The van der Waals surface area contributed by atoms with Crippen LogP contribution >= 0.6 is 11.6 Å². The summed E-state index contributed by atoms with van der Waals surface area (Å²) in [5.41, 5.74) is 2.36. The lowest BCUT2D eigenvalue weighted by Gasteiger charge is -2.27. The van der Waals surface area contributed by atoms with Gasteiger partial charge >= 0.3 is 6.18 Å². The topological polar surface area (TPSA) is 82.9 Å². The van der Waals surface area contributed by atoms with Crippen molar-refractivity contribution >= 4 is 29.6 Å². The number of morpholine rings is 1. The first kappa shape index (κ1) is 23.7. The van der Waals surface area contributed by atoms with Gasteiger partial charge in [-0.2, -0.15) is 23.3 Å². The number of anilines is 2. The van der Waals surface area contributed by atoms with Crippen LogP contribution < -0.4 is 10.3 Å². The summed E-state index contributed by atoms with van der Waals surface area (Å²) in [5.74, 6) is -0.792. The SMILES string of the molecule is Oc1c(/C=N\Nc2ncc(F)c(N3CCOCC3)n2)ccc(-c2cccc(C(F)(F)F)c2)c1Cl. The summed E-state index contributed by atoms with van der Waals surface area (Å²) in [6.07, 6.45) is -2.25. The van der Waals surface area contributed by atoms with Crippen LogP contribution in [-0.4, -0.2) is 47.6 Å². The summed E-state index contributed by atoms with van der Waals surface area (Å²) >= 11 is 6.22. The van der Waals surface area contributed by atoms with E-state index in [9.17, 15) is 22.7 Å². The monoisotopic (exact) mass is 495 g/mol. The van der Waals surface area contributed by atoms with Gasteiger partial charge in [-0.1, -0.05) is 29.8 Å². The second-order valence-corrected chi connectivity index (χ2v) is 7.66. The summed E-state index contributed by atoms with van der Waals surface area (Å²) in [6.45, 7) is 1.89. The summed E-state index contributed by atoms with van der Waals surface area (Å²) in [4.78, 5) is 9.69. The lowest BCUT2D eigenvalue weighted by Crippen LogP contribution is -2.37. The molecule has 0 amide bonds. The molecule has 0 atom stereocenters. The Morgan fingerprint density at radius 2 is 1.94 bits per heavy atom. The van der Waals surface area contributed by atoms with Gasteiger partial charge in [0, 0.05) is 24.2 Å². The van der Waals surface area contributed by atoms with Crippen LogP contribution in [-0.2, 0) is 10.9 Å². The van der Waals surface area contributed by atoms with E-state index in [-0.39, 0.29) is 39.2 Å².